The molecule has 1 rings (SSSR count). The van der Waals surface area contributed by atoms with Crippen LogP contribution in [-0.2, 0) is 11.2 Å². The van der Waals surface area contributed by atoms with Crippen LogP contribution in [0.25, 0.3) is 0 Å². The van der Waals surface area contributed by atoms with Crippen molar-refractivity contribution >= 4 is 11.7 Å². The number of hydrogen-bond donors (Lipinski definition) is 2. The minimum atomic E-state index is -1.01. The van der Waals surface area contributed by atoms with Crippen molar-refractivity contribution in [3.63, 3.8) is 0 Å². The molecule has 0 aliphatic carbocycles. The Labute approximate surface area is 115 Å². The second-order valence-corrected chi connectivity index (χ2v) is 4.20. The molecule has 0 heterocycles. The van der Waals surface area contributed by atoms with Crippen molar-refractivity contribution in [2.75, 3.05) is 13.1 Å². The molecule has 0 saturated carbocycles. The molecule has 0 spiro atoms. The van der Waals surface area contributed by atoms with Crippen LogP contribution in [0.5, 0.6) is 0 Å². The third-order valence-corrected chi connectivity index (χ3v) is 2.87. The van der Waals surface area contributed by atoms with Crippen LogP contribution in [0.15, 0.2) is 23.4 Å². The van der Waals surface area contributed by atoms with E-state index >= 15 is 0 Å². The minimum Gasteiger partial charge on any atom is -0.409 e. The first-order valence-electron chi connectivity index (χ1n) is 6.16. The molecule has 3 N–H and O–H groups in total. The molecule has 0 radical (unpaired) electrons. The molecule has 5 nitrogen and oxygen atoms in total. The number of hydrogen-bond acceptors (Lipinski definition) is 3. The molecule has 7 heteroatoms. The summed E-state index contributed by atoms with van der Waals surface area (Å²) in [5.41, 5.74) is 5.34. The van der Waals surface area contributed by atoms with Crippen molar-refractivity contribution in [2.45, 2.75) is 19.8 Å². The minimum absolute atomic E-state index is 0.00758. The van der Waals surface area contributed by atoms with Gasteiger partial charge >= 0.3 is 0 Å². The molecule has 0 aliphatic rings. The van der Waals surface area contributed by atoms with E-state index in [1.807, 2.05) is 0 Å². The topological polar surface area (TPSA) is 78.9 Å². The summed E-state index contributed by atoms with van der Waals surface area (Å²) < 4.78 is 26.5. The standard InChI is InChI=1S/C13H17F2N3O2/c1-2-18(7-6-11(16)17-20)12(19)8-9-4-3-5-10(14)13(9)15/h3-5,20H,2,6-8H2,1H3,(H2,16,17). The highest BCUT2D eigenvalue weighted by Crippen LogP contribution is 2.13. The Morgan fingerprint density at radius 1 is 1.45 bits per heavy atom. The first-order valence-corrected chi connectivity index (χ1v) is 6.16. The summed E-state index contributed by atoms with van der Waals surface area (Å²) >= 11 is 0. The van der Waals surface area contributed by atoms with Gasteiger partial charge in [-0.15, -0.1) is 0 Å². The highest BCUT2D eigenvalue weighted by Gasteiger charge is 2.16. The van der Waals surface area contributed by atoms with Crippen molar-refractivity contribution in [1.82, 2.24) is 4.90 Å². The number of likely N-dealkylation sites (N-methyl/N-ethyl adjacent to an activating group) is 1. The number of nitrogens with two attached hydrogens (primary N) is 1. The monoisotopic (exact) mass is 285 g/mol. The number of halogens is 2. The van der Waals surface area contributed by atoms with E-state index in [0.29, 0.717) is 6.54 Å². The fourth-order valence-corrected chi connectivity index (χ4v) is 1.72. The van der Waals surface area contributed by atoms with E-state index in [4.69, 9.17) is 10.9 Å². The van der Waals surface area contributed by atoms with Crippen LogP contribution in [0.3, 0.4) is 0 Å². The van der Waals surface area contributed by atoms with Gasteiger partial charge in [0.25, 0.3) is 0 Å². The van der Waals surface area contributed by atoms with E-state index < -0.39 is 11.6 Å². The summed E-state index contributed by atoms with van der Waals surface area (Å²) in [6.45, 7) is 2.41. The molecule has 20 heavy (non-hydrogen) atoms. The fourth-order valence-electron chi connectivity index (χ4n) is 1.72. The molecule has 0 aliphatic heterocycles. The van der Waals surface area contributed by atoms with Gasteiger partial charge in [-0.2, -0.15) is 0 Å². The second-order valence-electron chi connectivity index (χ2n) is 4.20. The lowest BCUT2D eigenvalue weighted by atomic mass is 10.1. The van der Waals surface area contributed by atoms with Gasteiger partial charge in [-0.05, 0) is 13.0 Å². The third kappa shape index (κ3) is 4.18. The number of carbonyl (C=O) groups excluding carboxylic acids is 1. The SMILES string of the molecule is CCN(CC/C(N)=N/O)C(=O)Cc1cccc(F)c1F. The number of amides is 1. The van der Waals surface area contributed by atoms with Gasteiger partial charge in [0.15, 0.2) is 11.6 Å². The van der Waals surface area contributed by atoms with E-state index in [2.05, 4.69) is 5.16 Å². The van der Waals surface area contributed by atoms with Gasteiger partial charge in [-0.3, -0.25) is 4.79 Å². The summed E-state index contributed by atoms with van der Waals surface area (Å²) in [4.78, 5) is 13.4. The Balaban J connectivity index is 2.70. The zero-order valence-corrected chi connectivity index (χ0v) is 11.1. The first kappa shape index (κ1) is 15.9. The Hall–Kier alpha value is -2.18. The van der Waals surface area contributed by atoms with Crippen LogP contribution in [0.4, 0.5) is 8.78 Å². The van der Waals surface area contributed by atoms with Crippen molar-refractivity contribution in [1.29, 1.82) is 0 Å². The molecule has 0 unspecified atom stereocenters. The fraction of sp³-hybridized carbons (Fsp3) is 0.385. The van der Waals surface area contributed by atoms with Gasteiger partial charge in [-0.1, -0.05) is 17.3 Å². The maximum Gasteiger partial charge on any atom is 0.227 e. The Morgan fingerprint density at radius 2 is 2.15 bits per heavy atom. The number of oxime groups is 1. The van der Waals surface area contributed by atoms with Gasteiger partial charge in [-0.25, -0.2) is 8.78 Å². The number of nitrogens with zero attached hydrogens (tertiary/aromatic N) is 2. The number of rotatable bonds is 6. The molecule has 0 saturated heterocycles. The molecule has 1 aromatic rings. The largest absolute Gasteiger partial charge is 0.409 e. The molecule has 0 fully saturated rings. The molecule has 1 amide bonds. The molecular formula is C13H17F2N3O2. The van der Waals surface area contributed by atoms with Crippen molar-refractivity contribution in [3.8, 4) is 0 Å². The molecule has 0 aromatic heterocycles. The molecule has 110 valence electrons. The molecule has 1 aromatic carbocycles. The molecule has 0 bridgehead atoms. The lowest BCUT2D eigenvalue weighted by Crippen LogP contribution is -2.35. The van der Waals surface area contributed by atoms with Crippen molar-refractivity contribution < 1.29 is 18.8 Å². The third-order valence-electron chi connectivity index (χ3n) is 2.87. The average Bonchev–Trinajstić information content (AvgIpc) is 2.44. The van der Waals surface area contributed by atoms with Crippen LogP contribution < -0.4 is 5.73 Å². The normalized spacial score (nSPS) is 11.4. The van der Waals surface area contributed by atoms with Crippen LogP contribution >= 0.6 is 0 Å². The van der Waals surface area contributed by atoms with Gasteiger partial charge in [0.2, 0.25) is 5.91 Å². The summed E-state index contributed by atoms with van der Waals surface area (Å²) in [7, 11) is 0. The van der Waals surface area contributed by atoms with Crippen LogP contribution in [0, 0.1) is 11.6 Å². The van der Waals surface area contributed by atoms with Crippen molar-refractivity contribution in [3.05, 3.63) is 35.4 Å². The Bertz CT molecular complexity index is 506. The summed E-state index contributed by atoms with van der Waals surface area (Å²) in [6.07, 6.45) is -0.0185. The molecule has 0 atom stereocenters. The average molecular weight is 285 g/mol. The van der Waals surface area contributed by atoms with Gasteiger partial charge < -0.3 is 15.8 Å². The van der Waals surface area contributed by atoms with Gasteiger partial charge in [0, 0.05) is 25.1 Å². The predicted octanol–water partition coefficient (Wildman–Crippen LogP) is 1.49. The zero-order chi connectivity index (χ0) is 15.1. The van der Waals surface area contributed by atoms with Crippen LogP contribution in [0.2, 0.25) is 0 Å². The lowest BCUT2D eigenvalue weighted by Gasteiger charge is -2.20. The van der Waals surface area contributed by atoms with E-state index in [1.165, 1.54) is 17.0 Å². The van der Waals surface area contributed by atoms with E-state index in [1.54, 1.807) is 6.92 Å². The van der Waals surface area contributed by atoms with Crippen LogP contribution in [-0.4, -0.2) is 34.9 Å². The van der Waals surface area contributed by atoms with E-state index in [0.717, 1.165) is 6.07 Å². The quantitative estimate of drug-likeness (QED) is 0.360. The van der Waals surface area contributed by atoms with Crippen molar-refractivity contribution in [2.24, 2.45) is 10.9 Å². The summed E-state index contributed by atoms with van der Waals surface area (Å²) in [5.74, 6) is -2.32. The molecular weight excluding hydrogens is 268 g/mol. The van der Waals surface area contributed by atoms with Gasteiger partial charge in [0.1, 0.15) is 5.84 Å². The van der Waals surface area contributed by atoms with E-state index in [-0.39, 0.29) is 36.7 Å². The predicted molar refractivity (Wildman–Crippen MR) is 70.3 cm³/mol. The number of carbonyl (C=O) groups is 1. The summed E-state index contributed by atoms with van der Waals surface area (Å²) in [5, 5.41) is 11.2. The highest BCUT2D eigenvalue weighted by molar-refractivity contribution is 5.82. The first-order chi connectivity index (χ1) is 9.49. The Kier molecular flexibility index (Phi) is 5.89. The number of amidine groups is 1. The maximum atomic E-state index is 13.5. The van der Waals surface area contributed by atoms with Gasteiger partial charge in [0.05, 0.1) is 6.42 Å². The lowest BCUT2D eigenvalue weighted by molar-refractivity contribution is -0.130. The van der Waals surface area contributed by atoms with Crippen LogP contribution in [0.1, 0.15) is 18.9 Å². The highest BCUT2D eigenvalue weighted by atomic mass is 19.2. The number of benzene rings is 1. The van der Waals surface area contributed by atoms with E-state index in [9.17, 15) is 13.6 Å². The Morgan fingerprint density at radius 3 is 2.75 bits per heavy atom. The zero-order valence-electron chi connectivity index (χ0n) is 11.1. The second kappa shape index (κ2) is 7.42. The maximum absolute atomic E-state index is 13.5. The summed E-state index contributed by atoms with van der Waals surface area (Å²) in [6, 6.07) is 3.72. The smallest absolute Gasteiger partial charge is 0.227 e.